The minimum absolute atomic E-state index is 0. The molecule has 0 aromatic carbocycles. The van der Waals surface area contributed by atoms with Crippen LogP contribution in [0.2, 0.25) is 0 Å². The first-order valence-corrected chi connectivity index (χ1v) is 2.35. The molecule has 0 unspecified atom stereocenters. The standard InChI is InChI=1S/C4H7Br.Mg.2H/c1-3-4(2)5;;;/h3H,1-2H3;;;/q;+2;2*-1/b4-3-;;;. The summed E-state index contributed by atoms with van der Waals surface area (Å²) in [4.78, 5) is 0. The Morgan fingerprint density at radius 2 is 2.00 bits per heavy atom. The molecule has 0 bridgehead atoms. The van der Waals surface area contributed by atoms with E-state index in [1.807, 2.05) is 19.9 Å². The third-order valence-electron chi connectivity index (χ3n) is 0.398. The van der Waals surface area contributed by atoms with Gasteiger partial charge >= 0.3 is 23.1 Å². The van der Waals surface area contributed by atoms with Gasteiger partial charge in [0.1, 0.15) is 0 Å². The fourth-order valence-corrected chi connectivity index (χ4v) is 0. The first kappa shape index (κ1) is 10.1. The van der Waals surface area contributed by atoms with Crippen LogP contribution in [0.3, 0.4) is 0 Å². The normalized spacial score (nSPS) is 10.2. The van der Waals surface area contributed by atoms with Gasteiger partial charge in [-0.3, -0.25) is 0 Å². The number of allylic oxidation sites excluding steroid dienone is 2. The minimum atomic E-state index is 0. The summed E-state index contributed by atoms with van der Waals surface area (Å²) < 4.78 is 1.19. The van der Waals surface area contributed by atoms with Gasteiger partial charge in [0, 0.05) is 0 Å². The van der Waals surface area contributed by atoms with Crippen LogP contribution in [0.15, 0.2) is 10.6 Å². The van der Waals surface area contributed by atoms with Crippen LogP contribution >= 0.6 is 15.9 Å². The maximum absolute atomic E-state index is 3.23. The SMILES string of the molecule is C/C=C(/C)Br.[H-].[H-].[Mg+2]. The monoisotopic (exact) mass is 160 g/mol. The zero-order chi connectivity index (χ0) is 4.28. The molecule has 0 aromatic rings. The molecule has 0 saturated carbocycles. The zero-order valence-electron chi connectivity index (χ0n) is 6.16. The van der Waals surface area contributed by atoms with E-state index < -0.39 is 0 Å². The topological polar surface area (TPSA) is 0 Å². The van der Waals surface area contributed by atoms with Gasteiger partial charge in [0.25, 0.3) is 0 Å². The molecular weight excluding hydrogens is 152 g/mol. The quantitative estimate of drug-likeness (QED) is 0.478. The van der Waals surface area contributed by atoms with Crippen LogP contribution in [-0.2, 0) is 0 Å². The predicted molar refractivity (Wildman–Crippen MR) is 36.3 cm³/mol. The number of rotatable bonds is 0. The van der Waals surface area contributed by atoms with Gasteiger partial charge in [0.15, 0.2) is 0 Å². The molecule has 0 aliphatic rings. The van der Waals surface area contributed by atoms with E-state index >= 15 is 0 Å². The third kappa shape index (κ3) is 8.88. The Morgan fingerprint density at radius 3 is 2.00 bits per heavy atom. The maximum Gasteiger partial charge on any atom is 2.00 e. The molecule has 0 amide bonds. The Morgan fingerprint density at radius 1 is 1.83 bits per heavy atom. The fourth-order valence-electron chi connectivity index (χ4n) is 0. The van der Waals surface area contributed by atoms with E-state index in [0.29, 0.717) is 0 Å². The molecule has 0 fully saturated rings. The van der Waals surface area contributed by atoms with E-state index in [9.17, 15) is 0 Å². The van der Waals surface area contributed by atoms with Crippen molar-refractivity contribution in [2.45, 2.75) is 13.8 Å². The van der Waals surface area contributed by atoms with E-state index in [1.165, 1.54) is 4.48 Å². The molecule has 0 N–H and O–H groups in total. The number of hydrogen-bond acceptors (Lipinski definition) is 0. The molecule has 0 rings (SSSR count). The summed E-state index contributed by atoms with van der Waals surface area (Å²) in [6, 6.07) is 0. The van der Waals surface area contributed by atoms with Gasteiger partial charge < -0.3 is 2.85 Å². The van der Waals surface area contributed by atoms with Gasteiger partial charge in [-0.1, -0.05) is 22.0 Å². The molecule has 0 radical (unpaired) electrons. The Kier molecular flexibility index (Phi) is 10.0. The van der Waals surface area contributed by atoms with Crippen molar-refractivity contribution in [3.05, 3.63) is 10.6 Å². The number of hydrogen-bond donors (Lipinski definition) is 0. The second-order valence-electron chi connectivity index (χ2n) is 0.875. The first-order chi connectivity index (χ1) is 2.27. The van der Waals surface area contributed by atoms with E-state index in [2.05, 4.69) is 15.9 Å². The van der Waals surface area contributed by atoms with E-state index in [1.54, 1.807) is 0 Å². The summed E-state index contributed by atoms with van der Waals surface area (Å²) in [6.07, 6.45) is 2.00. The van der Waals surface area contributed by atoms with Crippen molar-refractivity contribution in [2.24, 2.45) is 0 Å². The maximum atomic E-state index is 3.23. The predicted octanol–water partition coefficient (Wildman–Crippen LogP) is 2.15. The van der Waals surface area contributed by atoms with Crippen LogP contribution < -0.4 is 0 Å². The average Bonchev–Trinajstić information content (AvgIpc) is 1.38. The summed E-state index contributed by atoms with van der Waals surface area (Å²) >= 11 is 3.23. The van der Waals surface area contributed by atoms with Crippen LogP contribution in [0.4, 0.5) is 0 Å². The molecule has 0 spiro atoms. The summed E-state index contributed by atoms with van der Waals surface area (Å²) in [5.41, 5.74) is 0. The Bertz CT molecular complexity index is 52.0. The van der Waals surface area contributed by atoms with Crippen molar-refractivity contribution in [2.75, 3.05) is 0 Å². The Balaban J connectivity index is -0.0000000267. The van der Waals surface area contributed by atoms with Crippen LogP contribution in [0.5, 0.6) is 0 Å². The van der Waals surface area contributed by atoms with Crippen molar-refractivity contribution >= 4 is 39.0 Å². The molecule has 0 heterocycles. The van der Waals surface area contributed by atoms with Gasteiger partial charge in [-0.15, -0.1) is 0 Å². The average molecular weight is 161 g/mol. The molecular formula is C4H9BrMg. The van der Waals surface area contributed by atoms with E-state index in [4.69, 9.17) is 0 Å². The van der Waals surface area contributed by atoms with E-state index in [0.717, 1.165) is 0 Å². The summed E-state index contributed by atoms with van der Waals surface area (Å²) in [6.45, 7) is 3.99. The molecule has 0 aromatic heterocycles. The van der Waals surface area contributed by atoms with Gasteiger partial charge in [0.05, 0.1) is 0 Å². The molecule has 0 aliphatic carbocycles. The largest absolute Gasteiger partial charge is 2.00 e. The minimum Gasteiger partial charge on any atom is -1.00 e. The van der Waals surface area contributed by atoms with Crippen molar-refractivity contribution in [1.82, 2.24) is 0 Å². The van der Waals surface area contributed by atoms with Gasteiger partial charge in [-0.2, -0.15) is 0 Å². The Hall–Kier alpha value is 0.986. The molecule has 2 heteroatoms. The molecule has 0 saturated heterocycles. The Labute approximate surface area is 66.3 Å². The zero-order valence-corrected chi connectivity index (χ0v) is 7.16. The van der Waals surface area contributed by atoms with Gasteiger partial charge in [0.2, 0.25) is 0 Å². The second kappa shape index (κ2) is 5.99. The van der Waals surface area contributed by atoms with Crippen LogP contribution in [-0.4, -0.2) is 23.1 Å². The van der Waals surface area contributed by atoms with Crippen molar-refractivity contribution in [1.29, 1.82) is 0 Å². The smallest absolute Gasteiger partial charge is 1.00 e. The van der Waals surface area contributed by atoms with Crippen molar-refractivity contribution < 1.29 is 2.85 Å². The fraction of sp³-hybridized carbons (Fsp3) is 0.500. The molecule has 34 valence electrons. The second-order valence-corrected chi connectivity index (χ2v) is 2.13. The summed E-state index contributed by atoms with van der Waals surface area (Å²) in [5.74, 6) is 0. The van der Waals surface area contributed by atoms with Crippen LogP contribution in [0.25, 0.3) is 0 Å². The molecule has 6 heavy (non-hydrogen) atoms. The number of halogens is 1. The summed E-state index contributed by atoms with van der Waals surface area (Å²) in [7, 11) is 0. The van der Waals surface area contributed by atoms with Crippen molar-refractivity contribution in [3.63, 3.8) is 0 Å². The van der Waals surface area contributed by atoms with Gasteiger partial charge in [-0.05, 0) is 18.3 Å². The molecule has 0 aliphatic heterocycles. The van der Waals surface area contributed by atoms with Crippen LogP contribution in [0, 0.1) is 0 Å². The molecule has 0 nitrogen and oxygen atoms in total. The molecule has 0 atom stereocenters. The van der Waals surface area contributed by atoms with Crippen molar-refractivity contribution in [3.8, 4) is 0 Å². The van der Waals surface area contributed by atoms with Gasteiger partial charge in [-0.25, -0.2) is 0 Å². The summed E-state index contributed by atoms with van der Waals surface area (Å²) in [5, 5.41) is 0. The first-order valence-electron chi connectivity index (χ1n) is 1.56. The van der Waals surface area contributed by atoms with E-state index in [-0.39, 0.29) is 25.9 Å². The third-order valence-corrected chi connectivity index (χ3v) is 0.856. The van der Waals surface area contributed by atoms with Crippen LogP contribution in [0.1, 0.15) is 16.7 Å².